The molecule has 0 aliphatic heterocycles. The zero-order valence-electron chi connectivity index (χ0n) is 5.92. The van der Waals surface area contributed by atoms with Crippen LogP contribution < -0.4 is 5.73 Å². The molecule has 0 radical (unpaired) electrons. The molecule has 0 spiro atoms. The molecule has 2 N–H and O–H groups in total. The number of anilines is 1. The fourth-order valence-electron chi connectivity index (χ4n) is 1.04. The maximum Gasteiger partial charge on any atom is 0.145 e. The summed E-state index contributed by atoms with van der Waals surface area (Å²) in [6.45, 7) is 0. The molecule has 3 nitrogen and oxygen atoms in total. The topological polar surface area (TPSA) is 51.8 Å². The van der Waals surface area contributed by atoms with Gasteiger partial charge in [-0.15, -0.1) is 0 Å². The van der Waals surface area contributed by atoms with Gasteiger partial charge in [-0.2, -0.15) is 0 Å². The summed E-state index contributed by atoms with van der Waals surface area (Å²) in [5.41, 5.74) is 6.42. The average molecular weight is 170 g/mol. The van der Waals surface area contributed by atoms with Crippen molar-refractivity contribution in [2.75, 3.05) is 5.73 Å². The third kappa shape index (κ3) is 1.16. The largest absolute Gasteiger partial charge is 0.382 e. The number of halogens is 1. The van der Waals surface area contributed by atoms with E-state index < -0.39 is 0 Å². The van der Waals surface area contributed by atoms with Gasteiger partial charge in [0, 0.05) is 5.92 Å². The first-order valence-corrected chi connectivity index (χ1v) is 3.92. The van der Waals surface area contributed by atoms with Crippen LogP contribution in [-0.2, 0) is 0 Å². The first-order valence-electron chi connectivity index (χ1n) is 3.55. The molecule has 4 heteroatoms. The lowest BCUT2D eigenvalue weighted by Crippen LogP contribution is -1.96. The van der Waals surface area contributed by atoms with Gasteiger partial charge in [0.1, 0.15) is 17.2 Å². The van der Waals surface area contributed by atoms with E-state index in [1.54, 1.807) is 0 Å². The molecule has 1 aromatic heterocycles. The molecule has 0 atom stereocenters. The molecule has 1 saturated carbocycles. The molecule has 0 saturated heterocycles. The van der Waals surface area contributed by atoms with Crippen molar-refractivity contribution in [3.8, 4) is 0 Å². The third-order valence-electron chi connectivity index (χ3n) is 1.81. The van der Waals surface area contributed by atoms with E-state index in [0.29, 0.717) is 16.8 Å². The van der Waals surface area contributed by atoms with Crippen molar-refractivity contribution in [3.05, 3.63) is 17.0 Å². The highest BCUT2D eigenvalue weighted by Crippen LogP contribution is 2.42. The second-order valence-corrected chi connectivity index (χ2v) is 3.11. The molecule has 1 aliphatic carbocycles. The molecule has 1 fully saturated rings. The number of nitrogens with zero attached hydrogens (tertiary/aromatic N) is 2. The van der Waals surface area contributed by atoms with E-state index in [4.69, 9.17) is 17.3 Å². The van der Waals surface area contributed by atoms with Gasteiger partial charge in [-0.3, -0.25) is 0 Å². The van der Waals surface area contributed by atoms with Crippen LogP contribution in [0.3, 0.4) is 0 Å². The highest BCUT2D eigenvalue weighted by atomic mass is 35.5. The van der Waals surface area contributed by atoms with Crippen molar-refractivity contribution >= 4 is 17.4 Å². The lowest BCUT2D eigenvalue weighted by Gasteiger charge is -2.00. The molecule has 2 rings (SSSR count). The molecule has 58 valence electrons. The van der Waals surface area contributed by atoms with Crippen LogP contribution in [0.5, 0.6) is 0 Å². The van der Waals surface area contributed by atoms with E-state index in [1.165, 1.54) is 19.2 Å². The van der Waals surface area contributed by atoms with Gasteiger partial charge in [-0.25, -0.2) is 9.97 Å². The Morgan fingerprint density at radius 3 is 2.82 bits per heavy atom. The van der Waals surface area contributed by atoms with E-state index in [1.807, 2.05) is 0 Å². The Kier molecular flexibility index (Phi) is 1.46. The molecule has 0 aromatic carbocycles. The molecule has 1 heterocycles. The normalized spacial score (nSPS) is 16.8. The van der Waals surface area contributed by atoms with Gasteiger partial charge in [0.25, 0.3) is 0 Å². The predicted molar refractivity (Wildman–Crippen MR) is 43.4 cm³/mol. The Morgan fingerprint density at radius 1 is 1.45 bits per heavy atom. The van der Waals surface area contributed by atoms with Gasteiger partial charge >= 0.3 is 0 Å². The van der Waals surface area contributed by atoms with Crippen LogP contribution in [0.15, 0.2) is 6.33 Å². The number of hydrogen-bond donors (Lipinski definition) is 1. The summed E-state index contributed by atoms with van der Waals surface area (Å²) in [5.74, 6) is 0.927. The van der Waals surface area contributed by atoms with Gasteiger partial charge in [0.15, 0.2) is 0 Å². The Hall–Kier alpha value is -0.830. The van der Waals surface area contributed by atoms with Gasteiger partial charge < -0.3 is 5.73 Å². The van der Waals surface area contributed by atoms with Crippen molar-refractivity contribution in [3.63, 3.8) is 0 Å². The molecular formula is C7H8ClN3. The molecule has 0 unspecified atom stereocenters. The number of nitrogens with two attached hydrogens (primary N) is 1. The summed E-state index contributed by atoms with van der Waals surface area (Å²) >= 11 is 5.88. The van der Waals surface area contributed by atoms with Crippen LogP contribution in [0.2, 0.25) is 5.02 Å². The van der Waals surface area contributed by atoms with Crippen LogP contribution in [0.1, 0.15) is 24.5 Å². The summed E-state index contributed by atoms with van der Waals surface area (Å²) in [7, 11) is 0. The summed E-state index contributed by atoms with van der Waals surface area (Å²) in [5, 5.41) is 0.537. The van der Waals surface area contributed by atoms with Gasteiger partial charge in [0.2, 0.25) is 0 Å². The maximum absolute atomic E-state index is 5.88. The summed E-state index contributed by atoms with van der Waals surface area (Å²) in [6, 6.07) is 0. The number of aromatic nitrogens is 2. The SMILES string of the molecule is Nc1ncnc(C2CC2)c1Cl. The van der Waals surface area contributed by atoms with Crippen molar-refractivity contribution in [1.82, 2.24) is 9.97 Å². The highest BCUT2D eigenvalue weighted by Gasteiger charge is 2.28. The average Bonchev–Trinajstić information content (AvgIpc) is 2.77. The first-order chi connectivity index (χ1) is 5.29. The minimum absolute atomic E-state index is 0.392. The zero-order valence-corrected chi connectivity index (χ0v) is 6.67. The lowest BCUT2D eigenvalue weighted by molar-refractivity contribution is 0.992. The standard InChI is InChI=1S/C7H8ClN3/c8-5-6(4-1-2-4)10-3-11-7(5)9/h3-4H,1-2H2,(H2,9,10,11). The predicted octanol–water partition coefficient (Wildman–Crippen LogP) is 1.59. The molecule has 0 bridgehead atoms. The first kappa shape index (κ1) is 6.85. The summed E-state index contributed by atoms with van der Waals surface area (Å²) in [6.07, 6.45) is 3.82. The maximum atomic E-state index is 5.88. The number of rotatable bonds is 1. The van der Waals surface area contributed by atoms with Gasteiger partial charge in [-0.1, -0.05) is 11.6 Å². The quantitative estimate of drug-likeness (QED) is 0.695. The van der Waals surface area contributed by atoms with Crippen molar-refractivity contribution in [2.45, 2.75) is 18.8 Å². The van der Waals surface area contributed by atoms with Crippen LogP contribution in [0.4, 0.5) is 5.82 Å². The molecular weight excluding hydrogens is 162 g/mol. The summed E-state index contributed by atoms with van der Waals surface area (Å²) in [4.78, 5) is 7.86. The molecule has 0 amide bonds. The van der Waals surface area contributed by atoms with Gasteiger partial charge in [-0.05, 0) is 12.8 Å². The van der Waals surface area contributed by atoms with Crippen LogP contribution in [-0.4, -0.2) is 9.97 Å². The highest BCUT2D eigenvalue weighted by molar-refractivity contribution is 6.33. The number of hydrogen-bond acceptors (Lipinski definition) is 3. The Balaban J connectivity index is 2.45. The fraction of sp³-hybridized carbons (Fsp3) is 0.429. The van der Waals surface area contributed by atoms with E-state index >= 15 is 0 Å². The molecule has 1 aromatic rings. The summed E-state index contributed by atoms with van der Waals surface area (Å²) < 4.78 is 0. The lowest BCUT2D eigenvalue weighted by atomic mass is 10.3. The second kappa shape index (κ2) is 2.34. The Morgan fingerprint density at radius 2 is 2.18 bits per heavy atom. The Labute approximate surface area is 69.6 Å². The fourth-order valence-corrected chi connectivity index (χ4v) is 1.29. The van der Waals surface area contributed by atoms with Crippen LogP contribution >= 0.6 is 11.6 Å². The molecule has 11 heavy (non-hydrogen) atoms. The third-order valence-corrected chi connectivity index (χ3v) is 2.19. The zero-order chi connectivity index (χ0) is 7.84. The van der Waals surface area contributed by atoms with E-state index in [-0.39, 0.29) is 0 Å². The van der Waals surface area contributed by atoms with E-state index in [2.05, 4.69) is 9.97 Å². The monoisotopic (exact) mass is 169 g/mol. The molecule has 1 aliphatic rings. The minimum Gasteiger partial charge on any atom is -0.382 e. The van der Waals surface area contributed by atoms with Crippen molar-refractivity contribution in [2.24, 2.45) is 0 Å². The van der Waals surface area contributed by atoms with E-state index in [9.17, 15) is 0 Å². The smallest absolute Gasteiger partial charge is 0.145 e. The Bertz CT molecular complexity index is 283. The van der Waals surface area contributed by atoms with Gasteiger partial charge in [0.05, 0.1) is 5.69 Å². The second-order valence-electron chi connectivity index (χ2n) is 2.73. The van der Waals surface area contributed by atoms with Crippen LogP contribution in [0, 0.1) is 0 Å². The van der Waals surface area contributed by atoms with Crippen molar-refractivity contribution < 1.29 is 0 Å². The van der Waals surface area contributed by atoms with E-state index in [0.717, 1.165) is 5.69 Å². The number of nitrogen functional groups attached to an aromatic ring is 1. The minimum atomic E-state index is 0.392. The van der Waals surface area contributed by atoms with Crippen molar-refractivity contribution in [1.29, 1.82) is 0 Å². The van der Waals surface area contributed by atoms with Crippen LogP contribution in [0.25, 0.3) is 0 Å².